The molecule has 0 bridgehead atoms. The van der Waals surface area contributed by atoms with Gasteiger partial charge in [0.05, 0.1) is 6.54 Å². The fourth-order valence-corrected chi connectivity index (χ4v) is 3.70. The summed E-state index contributed by atoms with van der Waals surface area (Å²) in [5, 5.41) is 0. The van der Waals surface area contributed by atoms with Gasteiger partial charge >= 0.3 is 0 Å². The average Bonchev–Trinajstić information content (AvgIpc) is 3.40. The minimum absolute atomic E-state index is 0.198. The van der Waals surface area contributed by atoms with E-state index in [0.29, 0.717) is 11.8 Å². The van der Waals surface area contributed by atoms with E-state index in [-0.39, 0.29) is 6.10 Å². The lowest BCUT2D eigenvalue weighted by Gasteiger charge is -2.32. The molecule has 6 nitrogen and oxygen atoms in total. The number of benzene rings is 1. The first-order valence-electron chi connectivity index (χ1n) is 9.88. The lowest BCUT2D eigenvalue weighted by atomic mass is 10.1. The van der Waals surface area contributed by atoms with Crippen LogP contribution in [0.15, 0.2) is 36.7 Å². The van der Waals surface area contributed by atoms with Gasteiger partial charge in [0.15, 0.2) is 0 Å². The Kier molecular flexibility index (Phi) is 5.43. The van der Waals surface area contributed by atoms with Crippen LogP contribution in [0.5, 0.6) is 5.75 Å². The molecule has 27 heavy (non-hydrogen) atoms. The number of carbonyl (C=O) groups is 1. The second-order valence-corrected chi connectivity index (χ2v) is 7.77. The molecule has 1 aliphatic heterocycles. The van der Waals surface area contributed by atoms with E-state index in [9.17, 15) is 4.79 Å². The summed E-state index contributed by atoms with van der Waals surface area (Å²) < 4.78 is 6.21. The summed E-state index contributed by atoms with van der Waals surface area (Å²) in [7, 11) is 2.09. The molecule has 1 saturated heterocycles. The number of likely N-dealkylation sites (tertiary alicyclic amines) is 1. The molecule has 2 heterocycles. The molecular formula is C21H28N4O2. The Hall–Kier alpha value is -2.34. The van der Waals surface area contributed by atoms with Gasteiger partial charge in [-0.2, -0.15) is 0 Å². The van der Waals surface area contributed by atoms with Crippen molar-refractivity contribution in [3.63, 3.8) is 0 Å². The van der Waals surface area contributed by atoms with Crippen LogP contribution in [0, 0.1) is 5.92 Å². The Balaban J connectivity index is 1.27. The average molecular weight is 368 g/mol. The highest BCUT2D eigenvalue weighted by atomic mass is 16.5. The number of nitrogens with one attached hydrogen (secondary N) is 1. The number of hydrogen-bond acceptors (Lipinski definition) is 4. The van der Waals surface area contributed by atoms with E-state index < -0.39 is 0 Å². The highest BCUT2D eigenvalue weighted by Crippen LogP contribution is 2.32. The van der Waals surface area contributed by atoms with Gasteiger partial charge in [-0.05, 0) is 37.6 Å². The van der Waals surface area contributed by atoms with Crippen LogP contribution in [-0.4, -0.2) is 51.9 Å². The third kappa shape index (κ3) is 4.89. The molecule has 1 saturated carbocycles. The summed E-state index contributed by atoms with van der Waals surface area (Å²) in [5.74, 6) is 2.57. The number of imidazole rings is 1. The van der Waals surface area contributed by atoms with Crippen LogP contribution in [-0.2, 0) is 17.9 Å². The maximum absolute atomic E-state index is 12.2. The minimum atomic E-state index is 0.198. The van der Waals surface area contributed by atoms with Crippen LogP contribution in [0.3, 0.4) is 0 Å². The molecule has 1 aromatic heterocycles. The first-order valence-corrected chi connectivity index (χ1v) is 9.88. The predicted octanol–water partition coefficient (Wildman–Crippen LogP) is 2.82. The highest BCUT2D eigenvalue weighted by molar-refractivity contribution is 5.81. The van der Waals surface area contributed by atoms with Crippen molar-refractivity contribution >= 4 is 5.91 Å². The summed E-state index contributed by atoms with van der Waals surface area (Å²) in [6.45, 7) is 3.27. The molecule has 0 unspecified atom stereocenters. The molecule has 144 valence electrons. The van der Waals surface area contributed by atoms with Crippen LogP contribution in [0.2, 0.25) is 0 Å². The van der Waals surface area contributed by atoms with Crippen LogP contribution < -0.4 is 4.74 Å². The van der Waals surface area contributed by atoms with E-state index >= 15 is 0 Å². The fraction of sp³-hybridized carbons (Fsp3) is 0.524. The number of aromatic amines is 1. The molecule has 0 atom stereocenters. The zero-order valence-electron chi connectivity index (χ0n) is 15.9. The van der Waals surface area contributed by atoms with Gasteiger partial charge in [-0.25, -0.2) is 4.98 Å². The van der Waals surface area contributed by atoms with Gasteiger partial charge in [0, 0.05) is 50.8 Å². The van der Waals surface area contributed by atoms with E-state index in [1.54, 1.807) is 6.20 Å². The molecule has 6 heteroatoms. The number of amides is 1. The molecule has 2 aliphatic rings. The largest absolute Gasteiger partial charge is 0.490 e. The zero-order valence-corrected chi connectivity index (χ0v) is 15.9. The second-order valence-electron chi connectivity index (χ2n) is 7.77. The Morgan fingerprint density at radius 3 is 2.78 bits per heavy atom. The number of rotatable bonds is 7. The van der Waals surface area contributed by atoms with Gasteiger partial charge in [0.25, 0.3) is 0 Å². The van der Waals surface area contributed by atoms with Crippen LogP contribution in [0.25, 0.3) is 0 Å². The van der Waals surface area contributed by atoms with Crippen LogP contribution in [0.4, 0.5) is 0 Å². The van der Waals surface area contributed by atoms with Crippen LogP contribution in [0.1, 0.15) is 37.1 Å². The number of ether oxygens (including phenoxy) is 1. The molecule has 0 spiro atoms. The number of carbonyl (C=O) groups excluding carboxylic acids is 1. The minimum Gasteiger partial charge on any atom is -0.490 e. The lowest BCUT2D eigenvalue weighted by Crippen LogP contribution is -2.42. The van der Waals surface area contributed by atoms with E-state index in [1.165, 1.54) is 5.56 Å². The number of aromatic nitrogens is 2. The monoisotopic (exact) mass is 368 g/mol. The van der Waals surface area contributed by atoms with Crippen molar-refractivity contribution < 1.29 is 9.53 Å². The smallest absolute Gasteiger partial charge is 0.225 e. The summed E-state index contributed by atoms with van der Waals surface area (Å²) in [5.41, 5.74) is 1.22. The van der Waals surface area contributed by atoms with Crippen LogP contribution >= 0.6 is 0 Å². The number of nitrogens with zero attached hydrogens (tertiary/aromatic N) is 3. The summed E-state index contributed by atoms with van der Waals surface area (Å²) in [6, 6.07) is 8.33. The lowest BCUT2D eigenvalue weighted by molar-refractivity contribution is -0.134. The van der Waals surface area contributed by atoms with Gasteiger partial charge in [-0.1, -0.05) is 12.1 Å². The van der Waals surface area contributed by atoms with E-state index in [0.717, 1.165) is 63.4 Å². The van der Waals surface area contributed by atoms with Crippen molar-refractivity contribution in [2.45, 2.75) is 44.9 Å². The first kappa shape index (κ1) is 18.0. The van der Waals surface area contributed by atoms with E-state index in [2.05, 4.69) is 40.1 Å². The molecule has 1 N–H and O–H groups in total. The summed E-state index contributed by atoms with van der Waals surface area (Å²) >= 11 is 0. The standard InChI is InChI=1S/C21H28N4O2/c1-24(15-20-22-9-10-23-20)14-16-3-2-4-19(13-16)27-18-7-11-25(12-8-18)21(26)17-5-6-17/h2-4,9-10,13,17-18H,5-8,11-12,14-15H2,1H3,(H,22,23). The Labute approximate surface area is 160 Å². The molecule has 0 radical (unpaired) electrons. The van der Waals surface area contributed by atoms with Gasteiger partial charge in [0.1, 0.15) is 17.7 Å². The second kappa shape index (κ2) is 8.13. The normalized spacial score (nSPS) is 18.1. The van der Waals surface area contributed by atoms with Crippen molar-refractivity contribution in [2.75, 3.05) is 20.1 Å². The number of hydrogen-bond donors (Lipinski definition) is 1. The van der Waals surface area contributed by atoms with Crippen molar-refractivity contribution in [3.05, 3.63) is 48.0 Å². The molecular weight excluding hydrogens is 340 g/mol. The quantitative estimate of drug-likeness (QED) is 0.816. The molecule has 1 aliphatic carbocycles. The van der Waals surface area contributed by atoms with Gasteiger partial charge < -0.3 is 14.6 Å². The third-order valence-corrected chi connectivity index (χ3v) is 5.31. The van der Waals surface area contributed by atoms with Gasteiger partial charge in [-0.15, -0.1) is 0 Å². The van der Waals surface area contributed by atoms with Crippen molar-refractivity contribution in [1.82, 2.24) is 19.8 Å². The van der Waals surface area contributed by atoms with E-state index in [4.69, 9.17) is 4.74 Å². The maximum atomic E-state index is 12.2. The van der Waals surface area contributed by atoms with Crippen molar-refractivity contribution in [3.8, 4) is 5.75 Å². The topological polar surface area (TPSA) is 61.5 Å². The van der Waals surface area contributed by atoms with Crippen molar-refractivity contribution in [2.24, 2.45) is 5.92 Å². The van der Waals surface area contributed by atoms with Gasteiger partial charge in [0.2, 0.25) is 5.91 Å². The summed E-state index contributed by atoms with van der Waals surface area (Å²) in [4.78, 5) is 23.8. The number of H-pyrrole nitrogens is 1. The van der Waals surface area contributed by atoms with E-state index in [1.807, 2.05) is 17.2 Å². The predicted molar refractivity (Wildman–Crippen MR) is 103 cm³/mol. The first-order chi connectivity index (χ1) is 13.2. The molecule has 2 fully saturated rings. The SMILES string of the molecule is CN(Cc1cccc(OC2CCN(C(=O)C3CC3)CC2)c1)Cc1ncc[nH]1. The Morgan fingerprint density at radius 2 is 2.07 bits per heavy atom. The molecule has 4 rings (SSSR count). The van der Waals surface area contributed by atoms with Gasteiger partial charge in [-0.3, -0.25) is 9.69 Å². The van der Waals surface area contributed by atoms with Crippen molar-refractivity contribution in [1.29, 1.82) is 0 Å². The number of piperidine rings is 1. The fourth-order valence-electron chi connectivity index (χ4n) is 3.70. The molecule has 2 aromatic rings. The Bertz CT molecular complexity index is 749. The zero-order chi connectivity index (χ0) is 18.6. The third-order valence-electron chi connectivity index (χ3n) is 5.31. The Morgan fingerprint density at radius 1 is 1.26 bits per heavy atom. The maximum Gasteiger partial charge on any atom is 0.225 e. The molecule has 1 aromatic carbocycles. The molecule has 1 amide bonds. The summed E-state index contributed by atoms with van der Waals surface area (Å²) in [6.07, 6.45) is 7.82. The highest BCUT2D eigenvalue weighted by Gasteiger charge is 2.35.